The van der Waals surface area contributed by atoms with E-state index in [0.717, 1.165) is 24.3 Å². The highest BCUT2D eigenvalue weighted by Crippen LogP contribution is 2.32. The van der Waals surface area contributed by atoms with E-state index < -0.39 is 5.41 Å². The molecule has 1 heterocycles. The van der Waals surface area contributed by atoms with E-state index in [2.05, 4.69) is 5.32 Å². The Morgan fingerprint density at radius 2 is 2.04 bits per heavy atom. The average molecular weight is 318 g/mol. The fraction of sp³-hybridized carbons (Fsp3) is 0.611. The molecule has 2 fully saturated rings. The van der Waals surface area contributed by atoms with E-state index in [1.54, 1.807) is 0 Å². The predicted molar refractivity (Wildman–Crippen MR) is 89.5 cm³/mol. The Labute approximate surface area is 137 Å². The summed E-state index contributed by atoms with van der Waals surface area (Å²) in [6, 6.07) is 7.66. The van der Waals surface area contributed by atoms with Crippen LogP contribution < -0.4 is 15.8 Å². The van der Waals surface area contributed by atoms with Crippen LogP contribution in [-0.4, -0.2) is 31.8 Å². The van der Waals surface area contributed by atoms with Gasteiger partial charge in [0.2, 0.25) is 5.91 Å². The smallest absolute Gasteiger partial charge is 0.232 e. The fourth-order valence-electron chi connectivity index (χ4n) is 3.40. The molecule has 3 rings (SSSR count). The van der Waals surface area contributed by atoms with E-state index in [1.807, 2.05) is 24.3 Å². The summed E-state index contributed by atoms with van der Waals surface area (Å²) in [5, 5.41) is 3.01. The van der Waals surface area contributed by atoms with Gasteiger partial charge in [-0.2, -0.15) is 0 Å². The Kier molecular flexibility index (Phi) is 5.18. The van der Waals surface area contributed by atoms with Crippen LogP contribution in [0.15, 0.2) is 24.3 Å². The number of nitrogens with two attached hydrogens (primary N) is 1. The fourth-order valence-corrected chi connectivity index (χ4v) is 3.40. The van der Waals surface area contributed by atoms with Gasteiger partial charge < -0.3 is 20.5 Å². The lowest BCUT2D eigenvalue weighted by Crippen LogP contribution is -2.46. The van der Waals surface area contributed by atoms with Gasteiger partial charge in [-0.25, -0.2) is 0 Å². The second kappa shape index (κ2) is 7.32. The van der Waals surface area contributed by atoms with Gasteiger partial charge in [0.25, 0.3) is 0 Å². The maximum atomic E-state index is 12.7. The lowest BCUT2D eigenvalue weighted by molar-refractivity contribution is -0.130. The normalized spacial score (nSPS) is 21.1. The quantitative estimate of drug-likeness (QED) is 0.875. The van der Waals surface area contributed by atoms with Gasteiger partial charge in [0, 0.05) is 31.5 Å². The summed E-state index contributed by atoms with van der Waals surface area (Å²) in [6.45, 7) is 1.53. The predicted octanol–water partition coefficient (Wildman–Crippen LogP) is 2.70. The van der Waals surface area contributed by atoms with E-state index in [9.17, 15) is 4.79 Å². The van der Waals surface area contributed by atoms with Crippen molar-refractivity contribution in [1.82, 2.24) is 0 Å². The molecular weight excluding hydrogens is 292 g/mol. The third kappa shape index (κ3) is 3.85. The maximum Gasteiger partial charge on any atom is 0.232 e. The molecule has 126 valence electrons. The highest BCUT2D eigenvalue weighted by Gasteiger charge is 2.38. The first-order valence-corrected chi connectivity index (χ1v) is 8.58. The molecule has 1 aromatic rings. The van der Waals surface area contributed by atoms with Crippen molar-refractivity contribution in [3.8, 4) is 5.75 Å². The van der Waals surface area contributed by atoms with Gasteiger partial charge in [-0.15, -0.1) is 0 Å². The molecule has 0 bridgehead atoms. The summed E-state index contributed by atoms with van der Waals surface area (Å²) in [5.74, 6) is 0.810. The molecule has 1 saturated heterocycles. The molecule has 2 aliphatic rings. The number of carbonyl (C=O) groups is 1. The zero-order chi connectivity index (χ0) is 16.1. The van der Waals surface area contributed by atoms with Gasteiger partial charge in [0.15, 0.2) is 0 Å². The molecule has 23 heavy (non-hydrogen) atoms. The monoisotopic (exact) mass is 318 g/mol. The van der Waals surface area contributed by atoms with E-state index in [0.29, 0.717) is 38.7 Å². The Hall–Kier alpha value is -1.59. The third-order valence-corrected chi connectivity index (χ3v) is 5.02. The van der Waals surface area contributed by atoms with Crippen LogP contribution in [0.3, 0.4) is 0 Å². The summed E-state index contributed by atoms with van der Waals surface area (Å²) in [4.78, 5) is 12.7. The molecule has 1 aliphatic heterocycles. The van der Waals surface area contributed by atoms with Crippen LogP contribution in [0.2, 0.25) is 0 Å². The number of ether oxygens (including phenoxy) is 2. The largest absolute Gasteiger partial charge is 0.490 e. The van der Waals surface area contributed by atoms with Crippen LogP contribution in [0.4, 0.5) is 5.69 Å². The first-order valence-electron chi connectivity index (χ1n) is 8.58. The zero-order valence-corrected chi connectivity index (χ0v) is 13.6. The molecule has 5 heteroatoms. The van der Waals surface area contributed by atoms with E-state index in [-0.39, 0.29) is 5.91 Å². The number of anilines is 1. The van der Waals surface area contributed by atoms with E-state index in [1.165, 1.54) is 12.8 Å². The highest BCUT2D eigenvalue weighted by atomic mass is 16.5. The molecule has 3 N–H and O–H groups in total. The first-order chi connectivity index (χ1) is 11.2. The Balaban J connectivity index is 1.65. The van der Waals surface area contributed by atoms with Crippen molar-refractivity contribution in [2.75, 3.05) is 25.1 Å². The number of hydrogen-bond donors (Lipinski definition) is 2. The Bertz CT molecular complexity index is 535. The number of benzene rings is 1. The minimum Gasteiger partial charge on any atom is -0.490 e. The van der Waals surface area contributed by atoms with Gasteiger partial charge in [-0.3, -0.25) is 4.79 Å². The van der Waals surface area contributed by atoms with Crippen molar-refractivity contribution < 1.29 is 14.3 Å². The molecule has 1 aromatic carbocycles. The first kappa shape index (κ1) is 16.3. The van der Waals surface area contributed by atoms with Crippen molar-refractivity contribution >= 4 is 11.6 Å². The number of amides is 1. The van der Waals surface area contributed by atoms with E-state index >= 15 is 0 Å². The molecule has 0 unspecified atom stereocenters. The van der Waals surface area contributed by atoms with Crippen LogP contribution in [0.5, 0.6) is 5.75 Å². The van der Waals surface area contributed by atoms with Crippen LogP contribution in [0.1, 0.15) is 38.5 Å². The summed E-state index contributed by atoms with van der Waals surface area (Å²) < 4.78 is 11.4. The van der Waals surface area contributed by atoms with Gasteiger partial charge in [0.1, 0.15) is 5.75 Å². The van der Waals surface area contributed by atoms with Crippen LogP contribution >= 0.6 is 0 Å². The second-order valence-electron chi connectivity index (χ2n) is 6.60. The summed E-state index contributed by atoms with van der Waals surface area (Å²) in [5.41, 5.74) is 6.15. The minimum atomic E-state index is -0.513. The van der Waals surface area contributed by atoms with Crippen LogP contribution in [0.25, 0.3) is 0 Å². The SMILES string of the molecule is NCC1(C(=O)Nc2cccc(OC3CCCC3)c2)CCOCC1. The summed E-state index contributed by atoms with van der Waals surface area (Å²) in [6.07, 6.45) is 6.37. The van der Waals surface area contributed by atoms with Gasteiger partial charge in [-0.05, 0) is 50.7 Å². The number of hydrogen-bond acceptors (Lipinski definition) is 4. The average Bonchev–Trinajstić information content (AvgIpc) is 3.08. The maximum absolute atomic E-state index is 12.7. The van der Waals surface area contributed by atoms with Crippen molar-refractivity contribution in [2.24, 2.45) is 11.1 Å². The number of nitrogens with one attached hydrogen (secondary N) is 1. The highest BCUT2D eigenvalue weighted by molar-refractivity contribution is 5.95. The van der Waals surface area contributed by atoms with Crippen molar-refractivity contribution in [1.29, 1.82) is 0 Å². The van der Waals surface area contributed by atoms with Gasteiger partial charge in [0.05, 0.1) is 11.5 Å². The summed E-state index contributed by atoms with van der Waals surface area (Å²) in [7, 11) is 0. The molecule has 0 atom stereocenters. The lowest BCUT2D eigenvalue weighted by atomic mass is 9.79. The molecule has 0 spiro atoms. The zero-order valence-electron chi connectivity index (χ0n) is 13.6. The number of carbonyl (C=O) groups excluding carboxylic acids is 1. The Morgan fingerprint density at radius 1 is 1.30 bits per heavy atom. The number of rotatable bonds is 5. The van der Waals surface area contributed by atoms with Gasteiger partial charge in [-0.1, -0.05) is 6.07 Å². The molecular formula is C18H26N2O3. The Morgan fingerprint density at radius 3 is 2.74 bits per heavy atom. The topological polar surface area (TPSA) is 73.6 Å². The lowest BCUT2D eigenvalue weighted by Gasteiger charge is -2.34. The van der Waals surface area contributed by atoms with E-state index in [4.69, 9.17) is 15.2 Å². The van der Waals surface area contributed by atoms with Crippen molar-refractivity contribution in [3.05, 3.63) is 24.3 Å². The molecule has 0 radical (unpaired) electrons. The second-order valence-corrected chi connectivity index (χ2v) is 6.60. The molecule has 1 amide bonds. The standard InChI is InChI=1S/C18H26N2O3/c19-13-18(8-10-22-11-9-18)17(21)20-14-4-3-7-16(12-14)23-15-5-1-2-6-15/h3-4,7,12,15H,1-2,5-6,8-11,13,19H2,(H,20,21). The third-order valence-electron chi connectivity index (χ3n) is 5.02. The summed E-state index contributed by atoms with van der Waals surface area (Å²) >= 11 is 0. The van der Waals surface area contributed by atoms with Crippen molar-refractivity contribution in [3.63, 3.8) is 0 Å². The molecule has 5 nitrogen and oxygen atoms in total. The molecule has 1 saturated carbocycles. The molecule has 1 aliphatic carbocycles. The van der Waals surface area contributed by atoms with Crippen molar-refractivity contribution in [2.45, 2.75) is 44.6 Å². The minimum absolute atomic E-state index is 0.0127. The van der Waals surface area contributed by atoms with Crippen LogP contribution in [0, 0.1) is 5.41 Å². The molecule has 0 aromatic heterocycles. The van der Waals surface area contributed by atoms with Gasteiger partial charge >= 0.3 is 0 Å². The van der Waals surface area contributed by atoms with Crippen LogP contribution in [-0.2, 0) is 9.53 Å².